The van der Waals surface area contributed by atoms with E-state index in [9.17, 15) is 5.11 Å². The van der Waals surface area contributed by atoms with Crippen LogP contribution in [0.15, 0.2) is 48.5 Å². The van der Waals surface area contributed by atoms with Gasteiger partial charge in [0.15, 0.2) is 0 Å². The topological polar surface area (TPSA) is 20.2 Å². The van der Waals surface area contributed by atoms with Gasteiger partial charge in [0, 0.05) is 5.92 Å². The summed E-state index contributed by atoms with van der Waals surface area (Å²) in [5.41, 5.74) is 5.70. The molecule has 0 radical (unpaired) electrons. The maximum absolute atomic E-state index is 10.5. The number of aliphatic hydroxyl groups excluding tert-OH is 1. The minimum absolute atomic E-state index is 0.187. The van der Waals surface area contributed by atoms with Crippen molar-refractivity contribution in [3.63, 3.8) is 0 Å². The number of aliphatic hydroxyl groups is 1. The molecule has 0 saturated heterocycles. The standard InChI is InChI=1S/C18H18O/c19-18(17-10-13-6-2-4-8-16(13)17)11-14-9-12-5-1-3-7-15(12)14/h1-8,14,17-19H,9-11H2. The summed E-state index contributed by atoms with van der Waals surface area (Å²) < 4.78 is 0. The molecule has 0 aromatic heterocycles. The summed E-state index contributed by atoms with van der Waals surface area (Å²) in [6.45, 7) is 0. The van der Waals surface area contributed by atoms with Crippen molar-refractivity contribution in [2.24, 2.45) is 0 Å². The first-order chi connectivity index (χ1) is 9.33. The van der Waals surface area contributed by atoms with E-state index in [1.165, 1.54) is 22.3 Å². The molecule has 2 aromatic rings. The Morgan fingerprint density at radius 2 is 1.53 bits per heavy atom. The van der Waals surface area contributed by atoms with E-state index in [0.717, 1.165) is 19.3 Å². The largest absolute Gasteiger partial charge is 0.392 e. The van der Waals surface area contributed by atoms with Crippen molar-refractivity contribution < 1.29 is 5.11 Å². The molecule has 1 nitrogen and oxygen atoms in total. The Balaban J connectivity index is 1.46. The van der Waals surface area contributed by atoms with Crippen molar-refractivity contribution in [2.75, 3.05) is 0 Å². The van der Waals surface area contributed by atoms with Gasteiger partial charge in [-0.1, -0.05) is 48.5 Å². The molecule has 0 saturated carbocycles. The predicted octanol–water partition coefficient (Wildman–Crippen LogP) is 3.42. The maximum atomic E-state index is 10.5. The molecular formula is C18H18O. The van der Waals surface area contributed by atoms with Gasteiger partial charge in [-0.3, -0.25) is 0 Å². The van der Waals surface area contributed by atoms with Crippen LogP contribution in [0.2, 0.25) is 0 Å². The molecule has 2 aromatic carbocycles. The third-order valence-corrected chi connectivity index (χ3v) is 4.85. The van der Waals surface area contributed by atoms with Crippen LogP contribution in [0.3, 0.4) is 0 Å². The first-order valence-corrected chi connectivity index (χ1v) is 7.16. The van der Waals surface area contributed by atoms with Gasteiger partial charge in [0.25, 0.3) is 0 Å². The summed E-state index contributed by atoms with van der Waals surface area (Å²) in [5, 5.41) is 10.5. The Morgan fingerprint density at radius 1 is 0.895 bits per heavy atom. The molecule has 1 N–H and O–H groups in total. The van der Waals surface area contributed by atoms with Gasteiger partial charge in [-0.2, -0.15) is 0 Å². The molecule has 2 aliphatic carbocycles. The SMILES string of the molecule is OC(CC1Cc2ccccc21)C1Cc2ccccc21. The highest BCUT2D eigenvalue weighted by Gasteiger charge is 2.35. The Hall–Kier alpha value is -1.60. The van der Waals surface area contributed by atoms with E-state index >= 15 is 0 Å². The van der Waals surface area contributed by atoms with Gasteiger partial charge >= 0.3 is 0 Å². The van der Waals surface area contributed by atoms with E-state index in [1.807, 2.05) is 0 Å². The highest BCUT2D eigenvalue weighted by atomic mass is 16.3. The zero-order valence-electron chi connectivity index (χ0n) is 10.9. The van der Waals surface area contributed by atoms with Crippen molar-refractivity contribution in [2.45, 2.75) is 37.2 Å². The fourth-order valence-corrected chi connectivity index (χ4v) is 3.67. The van der Waals surface area contributed by atoms with E-state index in [2.05, 4.69) is 48.5 Å². The lowest BCUT2D eigenvalue weighted by atomic mass is 9.68. The zero-order valence-corrected chi connectivity index (χ0v) is 10.9. The molecule has 0 spiro atoms. The van der Waals surface area contributed by atoms with Gasteiger partial charge in [0.05, 0.1) is 6.10 Å². The van der Waals surface area contributed by atoms with Gasteiger partial charge in [-0.05, 0) is 47.4 Å². The van der Waals surface area contributed by atoms with Crippen LogP contribution >= 0.6 is 0 Å². The second-order valence-electron chi connectivity index (χ2n) is 5.91. The highest BCUT2D eigenvalue weighted by molar-refractivity contribution is 5.42. The lowest BCUT2D eigenvalue weighted by Crippen LogP contribution is -2.32. The lowest BCUT2D eigenvalue weighted by Gasteiger charge is -2.38. The molecule has 0 fully saturated rings. The minimum atomic E-state index is -0.187. The molecule has 4 rings (SSSR count). The van der Waals surface area contributed by atoms with Gasteiger partial charge in [-0.25, -0.2) is 0 Å². The number of hydrogen-bond acceptors (Lipinski definition) is 1. The Morgan fingerprint density at radius 3 is 2.21 bits per heavy atom. The third-order valence-electron chi connectivity index (χ3n) is 4.85. The summed E-state index contributed by atoms with van der Waals surface area (Å²) in [6.07, 6.45) is 2.91. The molecule has 3 atom stereocenters. The zero-order chi connectivity index (χ0) is 12.8. The average Bonchev–Trinajstić information content (AvgIpc) is 2.37. The van der Waals surface area contributed by atoms with Crippen molar-refractivity contribution in [3.05, 3.63) is 70.8 Å². The monoisotopic (exact) mass is 250 g/mol. The third kappa shape index (κ3) is 1.73. The van der Waals surface area contributed by atoms with Crippen molar-refractivity contribution >= 4 is 0 Å². The second kappa shape index (κ2) is 4.21. The Bertz CT molecular complexity index is 617. The Kier molecular flexibility index (Phi) is 2.49. The molecule has 19 heavy (non-hydrogen) atoms. The molecule has 3 unspecified atom stereocenters. The number of benzene rings is 2. The molecule has 0 bridgehead atoms. The van der Waals surface area contributed by atoms with Gasteiger partial charge in [-0.15, -0.1) is 0 Å². The van der Waals surface area contributed by atoms with Gasteiger partial charge in [0.1, 0.15) is 0 Å². The van der Waals surface area contributed by atoms with Crippen LogP contribution in [0.5, 0.6) is 0 Å². The van der Waals surface area contributed by atoms with Crippen LogP contribution in [-0.2, 0) is 12.8 Å². The average molecular weight is 250 g/mol. The van der Waals surface area contributed by atoms with Crippen molar-refractivity contribution in [1.82, 2.24) is 0 Å². The molecule has 0 heterocycles. The summed E-state index contributed by atoms with van der Waals surface area (Å²) >= 11 is 0. The smallest absolute Gasteiger partial charge is 0.0618 e. The van der Waals surface area contributed by atoms with Crippen LogP contribution < -0.4 is 0 Å². The summed E-state index contributed by atoms with van der Waals surface area (Å²) in [7, 11) is 0. The summed E-state index contributed by atoms with van der Waals surface area (Å²) in [4.78, 5) is 0. The number of hydrogen-bond donors (Lipinski definition) is 1. The highest BCUT2D eigenvalue weighted by Crippen LogP contribution is 2.43. The molecule has 1 heteroatoms. The van der Waals surface area contributed by atoms with E-state index in [0.29, 0.717) is 11.8 Å². The normalized spacial score (nSPS) is 24.7. The fraction of sp³-hybridized carbons (Fsp3) is 0.333. The van der Waals surface area contributed by atoms with Crippen LogP contribution in [0.25, 0.3) is 0 Å². The van der Waals surface area contributed by atoms with E-state index < -0.39 is 0 Å². The lowest BCUT2D eigenvalue weighted by molar-refractivity contribution is 0.112. The minimum Gasteiger partial charge on any atom is -0.392 e. The molecular weight excluding hydrogens is 232 g/mol. The maximum Gasteiger partial charge on any atom is 0.0618 e. The molecule has 2 aliphatic rings. The van der Waals surface area contributed by atoms with Crippen molar-refractivity contribution in [3.8, 4) is 0 Å². The van der Waals surface area contributed by atoms with E-state index in [-0.39, 0.29) is 6.10 Å². The van der Waals surface area contributed by atoms with Crippen molar-refractivity contribution in [1.29, 1.82) is 0 Å². The fourth-order valence-electron chi connectivity index (χ4n) is 3.67. The second-order valence-corrected chi connectivity index (χ2v) is 5.91. The van der Waals surface area contributed by atoms with Crippen LogP contribution in [0.1, 0.15) is 40.5 Å². The van der Waals surface area contributed by atoms with Gasteiger partial charge in [0.2, 0.25) is 0 Å². The number of rotatable bonds is 3. The first kappa shape index (κ1) is 11.2. The number of fused-ring (bicyclic) bond motifs is 2. The molecule has 0 amide bonds. The quantitative estimate of drug-likeness (QED) is 0.885. The predicted molar refractivity (Wildman–Crippen MR) is 76.4 cm³/mol. The Labute approximate surface area is 113 Å². The van der Waals surface area contributed by atoms with Crippen LogP contribution in [0, 0.1) is 0 Å². The summed E-state index contributed by atoms with van der Waals surface area (Å²) in [5.74, 6) is 0.933. The van der Waals surface area contributed by atoms with Crippen LogP contribution in [-0.4, -0.2) is 11.2 Å². The first-order valence-electron chi connectivity index (χ1n) is 7.16. The molecule has 96 valence electrons. The summed E-state index contributed by atoms with van der Waals surface area (Å²) in [6, 6.07) is 17.1. The van der Waals surface area contributed by atoms with Crippen LogP contribution in [0.4, 0.5) is 0 Å². The molecule has 0 aliphatic heterocycles. The van der Waals surface area contributed by atoms with E-state index in [1.54, 1.807) is 0 Å². The van der Waals surface area contributed by atoms with Gasteiger partial charge < -0.3 is 5.11 Å². The van der Waals surface area contributed by atoms with E-state index in [4.69, 9.17) is 0 Å².